The van der Waals surface area contributed by atoms with Crippen LogP contribution in [0, 0.1) is 13.8 Å². The van der Waals surface area contributed by atoms with E-state index in [-0.39, 0.29) is 11.9 Å². The fourth-order valence-corrected chi connectivity index (χ4v) is 2.69. The molecule has 0 aliphatic heterocycles. The van der Waals surface area contributed by atoms with Crippen LogP contribution in [0.5, 0.6) is 0 Å². The summed E-state index contributed by atoms with van der Waals surface area (Å²) >= 11 is 5.88. The van der Waals surface area contributed by atoms with E-state index in [4.69, 9.17) is 11.6 Å². The van der Waals surface area contributed by atoms with Crippen molar-refractivity contribution in [2.24, 2.45) is 7.05 Å². The van der Waals surface area contributed by atoms with Crippen LogP contribution in [-0.4, -0.2) is 15.7 Å². The van der Waals surface area contributed by atoms with Crippen molar-refractivity contribution in [1.82, 2.24) is 15.1 Å². The van der Waals surface area contributed by atoms with Gasteiger partial charge in [-0.25, -0.2) is 0 Å². The summed E-state index contributed by atoms with van der Waals surface area (Å²) in [6.45, 7) is 5.99. The number of nitrogens with zero attached hydrogens (tertiary/aromatic N) is 2. The molecule has 1 aromatic carbocycles. The first-order valence-corrected chi connectivity index (χ1v) is 7.80. The van der Waals surface area contributed by atoms with Crippen molar-refractivity contribution in [3.8, 4) is 0 Å². The molecule has 0 radical (unpaired) electrons. The summed E-state index contributed by atoms with van der Waals surface area (Å²) in [5.74, 6) is 0.0464. The Hall–Kier alpha value is -1.81. The van der Waals surface area contributed by atoms with Crippen molar-refractivity contribution < 1.29 is 4.79 Å². The van der Waals surface area contributed by atoms with Gasteiger partial charge in [-0.2, -0.15) is 5.10 Å². The molecule has 1 atom stereocenters. The first-order chi connectivity index (χ1) is 10.4. The second-order valence-corrected chi connectivity index (χ2v) is 6.05. The van der Waals surface area contributed by atoms with Crippen LogP contribution in [0.1, 0.15) is 41.9 Å². The summed E-state index contributed by atoms with van der Waals surface area (Å²) in [6, 6.07) is 7.51. The third kappa shape index (κ3) is 3.89. The molecule has 0 aliphatic carbocycles. The molecule has 4 nitrogen and oxygen atoms in total. The van der Waals surface area contributed by atoms with E-state index >= 15 is 0 Å². The monoisotopic (exact) mass is 319 g/mol. The number of benzene rings is 1. The molecule has 0 saturated carbocycles. The zero-order chi connectivity index (χ0) is 16.3. The molecule has 1 aromatic heterocycles. The third-order valence-corrected chi connectivity index (χ3v) is 4.26. The molecule has 22 heavy (non-hydrogen) atoms. The summed E-state index contributed by atoms with van der Waals surface area (Å²) in [6.07, 6.45) is 1.18. The van der Waals surface area contributed by atoms with Crippen molar-refractivity contribution in [1.29, 1.82) is 0 Å². The van der Waals surface area contributed by atoms with Gasteiger partial charge in [-0.1, -0.05) is 23.7 Å². The topological polar surface area (TPSA) is 46.9 Å². The summed E-state index contributed by atoms with van der Waals surface area (Å²) in [5.41, 5.74) is 4.33. The van der Waals surface area contributed by atoms with E-state index in [1.807, 2.05) is 56.8 Å². The van der Waals surface area contributed by atoms with Crippen molar-refractivity contribution in [2.45, 2.75) is 39.7 Å². The largest absolute Gasteiger partial charge is 0.350 e. The Morgan fingerprint density at radius 3 is 2.50 bits per heavy atom. The zero-order valence-electron chi connectivity index (χ0n) is 13.5. The minimum Gasteiger partial charge on any atom is -0.350 e. The number of halogens is 1. The molecular formula is C17H22ClN3O. The van der Waals surface area contributed by atoms with Gasteiger partial charge in [0.25, 0.3) is 0 Å². The average molecular weight is 320 g/mol. The maximum Gasteiger partial charge on any atom is 0.220 e. The molecule has 118 valence electrons. The number of carbonyl (C=O) groups is 1. The third-order valence-electron chi connectivity index (χ3n) is 4.01. The molecule has 0 spiro atoms. The van der Waals surface area contributed by atoms with Gasteiger partial charge in [0.05, 0.1) is 11.7 Å². The van der Waals surface area contributed by atoms with Crippen LogP contribution in [0.3, 0.4) is 0 Å². The predicted molar refractivity (Wildman–Crippen MR) is 89.0 cm³/mol. The van der Waals surface area contributed by atoms with Gasteiger partial charge in [-0.15, -0.1) is 0 Å². The van der Waals surface area contributed by atoms with Crippen LogP contribution in [0.4, 0.5) is 0 Å². The Morgan fingerprint density at radius 2 is 1.95 bits per heavy atom. The van der Waals surface area contributed by atoms with Crippen molar-refractivity contribution in [3.05, 3.63) is 51.8 Å². The Kier molecular flexibility index (Phi) is 5.24. The lowest BCUT2D eigenvalue weighted by molar-refractivity contribution is -0.121. The Balaban J connectivity index is 1.91. The Bertz CT molecular complexity index is 661. The quantitative estimate of drug-likeness (QED) is 0.917. The molecule has 1 amide bonds. The summed E-state index contributed by atoms with van der Waals surface area (Å²) in [4.78, 5) is 12.1. The zero-order valence-corrected chi connectivity index (χ0v) is 14.2. The molecule has 1 N–H and O–H groups in total. The first-order valence-electron chi connectivity index (χ1n) is 7.42. The van der Waals surface area contributed by atoms with Crippen LogP contribution in [0.15, 0.2) is 24.3 Å². The van der Waals surface area contributed by atoms with Crippen molar-refractivity contribution in [2.75, 3.05) is 0 Å². The lowest BCUT2D eigenvalue weighted by Gasteiger charge is -2.14. The summed E-state index contributed by atoms with van der Waals surface area (Å²) < 4.78 is 1.86. The van der Waals surface area contributed by atoms with E-state index in [9.17, 15) is 4.79 Å². The van der Waals surface area contributed by atoms with E-state index in [1.165, 1.54) is 0 Å². The second kappa shape index (κ2) is 6.97. The lowest BCUT2D eigenvalue weighted by atomic mass is 10.1. The number of hydrogen-bond donors (Lipinski definition) is 1. The maximum absolute atomic E-state index is 12.1. The van der Waals surface area contributed by atoms with Crippen LogP contribution in [-0.2, 0) is 18.3 Å². The molecular weight excluding hydrogens is 298 g/mol. The molecule has 0 unspecified atom stereocenters. The second-order valence-electron chi connectivity index (χ2n) is 5.61. The number of aryl methyl sites for hydroxylation is 2. The SMILES string of the molecule is Cc1nn(C)c(C)c1CCC(=O)N[C@@H](C)c1ccc(Cl)cc1. The molecule has 0 fully saturated rings. The van der Waals surface area contributed by atoms with Crippen LogP contribution >= 0.6 is 11.6 Å². The highest BCUT2D eigenvalue weighted by atomic mass is 35.5. The number of carbonyl (C=O) groups excluding carboxylic acids is 1. The van der Waals surface area contributed by atoms with Gasteiger partial charge in [0.2, 0.25) is 5.91 Å². The maximum atomic E-state index is 12.1. The smallest absolute Gasteiger partial charge is 0.220 e. The number of amides is 1. The highest BCUT2D eigenvalue weighted by Gasteiger charge is 2.13. The van der Waals surface area contributed by atoms with E-state index in [0.29, 0.717) is 17.9 Å². The van der Waals surface area contributed by atoms with Crippen molar-refractivity contribution >= 4 is 17.5 Å². The normalized spacial score (nSPS) is 12.2. The molecule has 5 heteroatoms. The van der Waals surface area contributed by atoms with E-state index < -0.39 is 0 Å². The van der Waals surface area contributed by atoms with Gasteiger partial charge in [0, 0.05) is 24.2 Å². The molecule has 0 saturated heterocycles. The van der Waals surface area contributed by atoms with Crippen LogP contribution in [0.25, 0.3) is 0 Å². The molecule has 2 rings (SSSR count). The van der Waals surface area contributed by atoms with Crippen LogP contribution < -0.4 is 5.32 Å². The van der Waals surface area contributed by atoms with Gasteiger partial charge in [-0.3, -0.25) is 9.48 Å². The standard InChI is InChI=1S/C17H22ClN3O/c1-11(14-5-7-15(18)8-6-14)19-17(22)10-9-16-12(2)20-21(4)13(16)3/h5-8,11H,9-10H2,1-4H3,(H,19,22)/t11-/m0/s1. The summed E-state index contributed by atoms with van der Waals surface area (Å²) in [7, 11) is 1.93. The minimum absolute atomic E-state index is 0.0270. The van der Waals surface area contributed by atoms with Gasteiger partial charge in [0.1, 0.15) is 0 Å². The van der Waals surface area contributed by atoms with Gasteiger partial charge < -0.3 is 5.32 Å². The molecule has 2 aromatic rings. The number of aromatic nitrogens is 2. The fraction of sp³-hybridized carbons (Fsp3) is 0.412. The van der Waals surface area contributed by atoms with E-state index in [1.54, 1.807) is 0 Å². The highest BCUT2D eigenvalue weighted by molar-refractivity contribution is 6.30. The van der Waals surface area contributed by atoms with E-state index in [2.05, 4.69) is 10.4 Å². The average Bonchev–Trinajstić information content (AvgIpc) is 2.70. The molecule has 0 bridgehead atoms. The Labute approximate surface area is 136 Å². The number of hydrogen-bond acceptors (Lipinski definition) is 2. The first kappa shape index (κ1) is 16.6. The lowest BCUT2D eigenvalue weighted by Crippen LogP contribution is -2.26. The minimum atomic E-state index is -0.0270. The highest BCUT2D eigenvalue weighted by Crippen LogP contribution is 2.17. The predicted octanol–water partition coefficient (Wildman–Crippen LogP) is 3.50. The number of rotatable bonds is 5. The van der Waals surface area contributed by atoms with Crippen molar-refractivity contribution in [3.63, 3.8) is 0 Å². The van der Waals surface area contributed by atoms with Crippen LogP contribution in [0.2, 0.25) is 5.02 Å². The molecule has 1 heterocycles. The summed E-state index contributed by atoms with van der Waals surface area (Å²) in [5, 5.41) is 8.10. The fourth-order valence-electron chi connectivity index (χ4n) is 2.57. The van der Waals surface area contributed by atoms with E-state index in [0.717, 1.165) is 22.5 Å². The van der Waals surface area contributed by atoms with Gasteiger partial charge in [-0.05, 0) is 50.5 Å². The molecule has 0 aliphatic rings. The van der Waals surface area contributed by atoms with Gasteiger partial charge >= 0.3 is 0 Å². The number of nitrogens with one attached hydrogen (secondary N) is 1. The Morgan fingerprint density at radius 1 is 1.32 bits per heavy atom. The van der Waals surface area contributed by atoms with Gasteiger partial charge in [0.15, 0.2) is 0 Å².